The molecule has 8 nitrogen and oxygen atoms in total. The van der Waals surface area contributed by atoms with Crippen LogP contribution in [0.15, 0.2) is 88.5 Å². The highest BCUT2D eigenvalue weighted by Gasteiger charge is 2.18. The molecule has 0 aliphatic heterocycles. The van der Waals surface area contributed by atoms with E-state index in [0.29, 0.717) is 5.76 Å². The first-order valence-electron chi connectivity index (χ1n) is 8.98. The van der Waals surface area contributed by atoms with Gasteiger partial charge in [-0.1, -0.05) is 35.0 Å². The molecule has 2 aromatic carbocycles. The first kappa shape index (κ1) is 20.6. The van der Waals surface area contributed by atoms with Crippen molar-refractivity contribution in [2.75, 3.05) is 10.0 Å². The second-order valence-electron chi connectivity index (χ2n) is 6.38. The maximum Gasteiger partial charge on any atom is 0.277 e. The number of sulfonamides is 1. The lowest BCUT2D eigenvalue weighted by atomic mass is 10.2. The van der Waals surface area contributed by atoms with E-state index >= 15 is 0 Å². The molecular weight excluding hydrogens is 440 g/mol. The second-order valence-corrected chi connectivity index (χ2v) is 8.47. The summed E-state index contributed by atoms with van der Waals surface area (Å²) >= 11 is 6.03. The zero-order chi connectivity index (χ0) is 21.8. The Labute approximate surface area is 182 Å². The molecule has 2 N–H and O–H groups in total. The summed E-state index contributed by atoms with van der Waals surface area (Å²) in [6.45, 7) is 0. The average Bonchev–Trinajstić information content (AvgIpc) is 3.27. The highest BCUT2D eigenvalue weighted by molar-refractivity contribution is 7.92. The first-order valence-corrected chi connectivity index (χ1v) is 10.8. The molecule has 0 bridgehead atoms. The Hall–Kier alpha value is -3.69. The number of anilines is 2. The zero-order valence-electron chi connectivity index (χ0n) is 15.8. The molecule has 31 heavy (non-hydrogen) atoms. The van der Waals surface area contributed by atoms with Gasteiger partial charge in [-0.25, -0.2) is 8.42 Å². The quantitative estimate of drug-likeness (QED) is 0.445. The lowest BCUT2D eigenvalue weighted by Gasteiger charge is -2.11. The maximum atomic E-state index is 12.7. The number of pyridine rings is 1. The van der Waals surface area contributed by atoms with Crippen LogP contribution in [0.1, 0.15) is 10.5 Å². The fourth-order valence-electron chi connectivity index (χ4n) is 2.72. The van der Waals surface area contributed by atoms with E-state index in [1.807, 2.05) is 0 Å². The number of para-hydroxylation sites is 1. The second kappa shape index (κ2) is 8.58. The summed E-state index contributed by atoms with van der Waals surface area (Å²) < 4.78 is 33.1. The van der Waals surface area contributed by atoms with Crippen molar-refractivity contribution in [3.63, 3.8) is 0 Å². The van der Waals surface area contributed by atoms with E-state index in [0.717, 1.165) is 5.56 Å². The third kappa shape index (κ3) is 4.73. The smallest absolute Gasteiger partial charge is 0.277 e. The minimum atomic E-state index is -3.92. The molecule has 0 saturated carbocycles. The van der Waals surface area contributed by atoms with Gasteiger partial charge in [0.05, 0.1) is 15.6 Å². The summed E-state index contributed by atoms with van der Waals surface area (Å²) in [5.41, 5.74) is 1.31. The third-order valence-corrected chi connectivity index (χ3v) is 5.92. The van der Waals surface area contributed by atoms with Crippen LogP contribution in [-0.4, -0.2) is 24.5 Å². The molecule has 0 aliphatic carbocycles. The van der Waals surface area contributed by atoms with Crippen LogP contribution < -0.4 is 10.0 Å². The van der Waals surface area contributed by atoms with Crippen molar-refractivity contribution in [1.29, 1.82) is 0 Å². The van der Waals surface area contributed by atoms with Gasteiger partial charge in [0.25, 0.3) is 15.9 Å². The third-order valence-electron chi connectivity index (χ3n) is 4.23. The number of hydrogen-bond acceptors (Lipinski definition) is 6. The fraction of sp³-hybridized carbons (Fsp3) is 0. The Kier molecular flexibility index (Phi) is 5.70. The van der Waals surface area contributed by atoms with Gasteiger partial charge >= 0.3 is 0 Å². The van der Waals surface area contributed by atoms with Crippen molar-refractivity contribution in [3.05, 3.63) is 89.8 Å². The lowest BCUT2D eigenvalue weighted by Crippen LogP contribution is -2.15. The van der Waals surface area contributed by atoms with Crippen LogP contribution in [-0.2, 0) is 10.0 Å². The van der Waals surface area contributed by atoms with Crippen molar-refractivity contribution >= 4 is 38.9 Å². The van der Waals surface area contributed by atoms with Gasteiger partial charge in [-0.15, -0.1) is 0 Å². The van der Waals surface area contributed by atoms with Gasteiger partial charge < -0.3 is 9.84 Å². The molecule has 2 heterocycles. The van der Waals surface area contributed by atoms with Gasteiger partial charge in [-0.3, -0.25) is 14.5 Å². The first-order chi connectivity index (χ1) is 14.9. The Morgan fingerprint density at radius 3 is 2.52 bits per heavy atom. The normalized spacial score (nSPS) is 11.1. The van der Waals surface area contributed by atoms with Crippen LogP contribution in [0, 0.1) is 0 Å². The molecule has 0 saturated heterocycles. The van der Waals surface area contributed by atoms with Crippen molar-refractivity contribution in [3.8, 4) is 11.3 Å². The van der Waals surface area contributed by atoms with Crippen LogP contribution in [0.2, 0.25) is 5.02 Å². The number of nitrogens with zero attached hydrogens (tertiary/aromatic N) is 2. The number of halogens is 1. The van der Waals surface area contributed by atoms with Gasteiger partial charge in [-0.05, 0) is 42.5 Å². The van der Waals surface area contributed by atoms with Gasteiger partial charge in [0.1, 0.15) is 0 Å². The highest BCUT2D eigenvalue weighted by atomic mass is 35.5. The average molecular weight is 455 g/mol. The van der Waals surface area contributed by atoms with Gasteiger partial charge in [0.2, 0.25) is 0 Å². The SMILES string of the molecule is O=C(Nc1cccc(S(=O)(=O)Nc2ccccc2Cl)c1)c1cc(-c2ccncc2)on1. The lowest BCUT2D eigenvalue weighted by molar-refractivity contribution is 0.101. The summed E-state index contributed by atoms with van der Waals surface area (Å²) in [5.74, 6) is -0.134. The van der Waals surface area contributed by atoms with Crippen LogP contribution >= 0.6 is 11.6 Å². The minimum absolute atomic E-state index is 0.0390. The summed E-state index contributed by atoms with van der Waals surface area (Å²) in [6, 6.07) is 17.3. The van der Waals surface area contributed by atoms with Gasteiger partial charge in [0, 0.05) is 29.7 Å². The Morgan fingerprint density at radius 2 is 1.74 bits per heavy atom. The fourth-order valence-corrected chi connectivity index (χ4v) is 4.08. The zero-order valence-corrected chi connectivity index (χ0v) is 17.4. The van der Waals surface area contributed by atoms with Crippen LogP contribution in [0.4, 0.5) is 11.4 Å². The standard InChI is InChI=1S/C21H15ClN4O4S/c22-17-6-1-2-7-18(17)26-31(28,29)16-5-3-4-15(12-16)24-21(27)19-13-20(30-25-19)14-8-10-23-11-9-14/h1-13,26H,(H,24,27). The number of benzene rings is 2. The molecule has 0 aliphatic rings. The number of nitrogens with one attached hydrogen (secondary N) is 2. The molecule has 0 fully saturated rings. The van der Waals surface area contributed by atoms with Crippen LogP contribution in [0.3, 0.4) is 0 Å². The van der Waals surface area contributed by atoms with E-state index in [1.54, 1.807) is 54.9 Å². The summed E-state index contributed by atoms with van der Waals surface area (Å²) in [5, 5.41) is 6.66. The number of hydrogen-bond donors (Lipinski definition) is 2. The van der Waals surface area contributed by atoms with Crippen LogP contribution in [0.25, 0.3) is 11.3 Å². The van der Waals surface area contributed by atoms with Gasteiger partial charge in [0.15, 0.2) is 11.5 Å². The minimum Gasteiger partial charge on any atom is -0.355 e. The molecule has 156 valence electrons. The van der Waals surface area contributed by atoms with Crippen LogP contribution in [0.5, 0.6) is 0 Å². The van der Waals surface area contributed by atoms with Crippen molar-refractivity contribution < 1.29 is 17.7 Å². The van der Waals surface area contributed by atoms with E-state index in [-0.39, 0.29) is 27.0 Å². The summed E-state index contributed by atoms with van der Waals surface area (Å²) in [7, 11) is -3.92. The van der Waals surface area contributed by atoms with Gasteiger partial charge in [-0.2, -0.15) is 0 Å². The van der Waals surface area contributed by atoms with Crippen molar-refractivity contribution in [1.82, 2.24) is 10.1 Å². The Bertz CT molecular complexity index is 1340. The van der Waals surface area contributed by atoms with E-state index in [4.69, 9.17) is 16.1 Å². The molecule has 4 rings (SSSR count). The predicted octanol–water partition coefficient (Wildman–Crippen LogP) is 4.44. The monoisotopic (exact) mass is 454 g/mol. The number of rotatable bonds is 6. The molecule has 0 spiro atoms. The molecule has 4 aromatic rings. The van der Waals surface area contributed by atoms with Crippen molar-refractivity contribution in [2.24, 2.45) is 0 Å². The summed E-state index contributed by atoms with van der Waals surface area (Å²) in [6.07, 6.45) is 3.19. The summed E-state index contributed by atoms with van der Waals surface area (Å²) in [4.78, 5) is 16.4. The van der Waals surface area contributed by atoms with E-state index < -0.39 is 15.9 Å². The number of aromatic nitrogens is 2. The predicted molar refractivity (Wildman–Crippen MR) is 116 cm³/mol. The molecule has 0 atom stereocenters. The Morgan fingerprint density at radius 1 is 0.968 bits per heavy atom. The molecule has 1 amide bonds. The number of amides is 1. The number of carbonyl (C=O) groups is 1. The Balaban J connectivity index is 1.52. The van der Waals surface area contributed by atoms with E-state index in [2.05, 4.69) is 20.2 Å². The molecule has 2 aromatic heterocycles. The van der Waals surface area contributed by atoms with E-state index in [9.17, 15) is 13.2 Å². The van der Waals surface area contributed by atoms with E-state index in [1.165, 1.54) is 24.3 Å². The topological polar surface area (TPSA) is 114 Å². The molecule has 10 heteroatoms. The molecule has 0 radical (unpaired) electrons. The van der Waals surface area contributed by atoms with Crippen molar-refractivity contribution in [2.45, 2.75) is 4.90 Å². The molecular formula is C21H15ClN4O4S. The number of carbonyl (C=O) groups excluding carboxylic acids is 1. The highest BCUT2D eigenvalue weighted by Crippen LogP contribution is 2.25. The largest absolute Gasteiger partial charge is 0.355 e. The maximum absolute atomic E-state index is 12.7. The molecule has 0 unspecified atom stereocenters.